The Morgan fingerprint density at radius 2 is 1.68 bits per heavy atom. The van der Waals surface area contributed by atoms with E-state index in [0.29, 0.717) is 24.6 Å². The Bertz CT molecular complexity index is 811. The molecule has 0 atom stereocenters. The molecule has 148 valence electrons. The van der Waals surface area contributed by atoms with Gasteiger partial charge < -0.3 is 14.7 Å². The van der Waals surface area contributed by atoms with E-state index in [1.54, 1.807) is 6.20 Å². The van der Waals surface area contributed by atoms with Crippen molar-refractivity contribution in [3.8, 4) is 0 Å². The van der Waals surface area contributed by atoms with E-state index < -0.39 is 0 Å². The van der Waals surface area contributed by atoms with Gasteiger partial charge in [-0.3, -0.25) is 4.79 Å². The van der Waals surface area contributed by atoms with Crippen molar-refractivity contribution in [3.05, 3.63) is 42.0 Å². The predicted octanol–water partition coefficient (Wildman–Crippen LogP) is 2.38. The third-order valence-electron chi connectivity index (χ3n) is 5.69. The third kappa shape index (κ3) is 4.08. The fourth-order valence-corrected chi connectivity index (χ4v) is 3.90. The summed E-state index contributed by atoms with van der Waals surface area (Å²) in [6.07, 6.45) is 4.14. The number of carbonyl (C=O) groups is 1. The van der Waals surface area contributed by atoms with Gasteiger partial charge in [0.15, 0.2) is 0 Å². The van der Waals surface area contributed by atoms with E-state index in [9.17, 15) is 4.79 Å². The van der Waals surface area contributed by atoms with Crippen LogP contribution >= 0.6 is 0 Å². The monoisotopic (exact) mass is 380 g/mol. The minimum absolute atomic E-state index is 0.00204. The highest BCUT2D eigenvalue weighted by Crippen LogP contribution is 2.22. The Morgan fingerprint density at radius 3 is 2.36 bits per heavy atom. The van der Waals surface area contributed by atoms with E-state index in [2.05, 4.69) is 31.7 Å². The minimum atomic E-state index is -0.00204. The van der Waals surface area contributed by atoms with Gasteiger partial charge >= 0.3 is 0 Å². The molecule has 2 aromatic rings. The van der Waals surface area contributed by atoms with Crippen LogP contribution in [0.1, 0.15) is 36.1 Å². The smallest absolute Gasteiger partial charge is 0.272 e. The molecule has 28 heavy (non-hydrogen) atoms. The molecule has 0 aliphatic carbocycles. The van der Waals surface area contributed by atoms with Crippen molar-refractivity contribution < 1.29 is 4.79 Å². The minimum Gasteiger partial charge on any atom is -0.356 e. The van der Waals surface area contributed by atoms with Gasteiger partial charge in [-0.15, -0.1) is 0 Å². The van der Waals surface area contributed by atoms with E-state index in [1.807, 2.05) is 36.1 Å². The average Bonchev–Trinajstić information content (AvgIpc) is 2.74. The van der Waals surface area contributed by atoms with Gasteiger partial charge in [-0.2, -0.15) is 0 Å². The van der Waals surface area contributed by atoms with Crippen LogP contribution < -0.4 is 9.80 Å². The lowest BCUT2D eigenvalue weighted by Gasteiger charge is -2.35. The molecule has 2 aromatic heterocycles. The number of carbonyl (C=O) groups excluding carboxylic acids is 1. The highest BCUT2D eigenvalue weighted by molar-refractivity contribution is 5.93. The van der Waals surface area contributed by atoms with E-state index in [-0.39, 0.29) is 5.91 Å². The van der Waals surface area contributed by atoms with Crippen LogP contribution in [-0.2, 0) is 0 Å². The van der Waals surface area contributed by atoms with Crippen LogP contribution in [-0.4, -0.2) is 65.0 Å². The molecule has 0 spiro atoms. The van der Waals surface area contributed by atoms with E-state index >= 15 is 0 Å². The largest absolute Gasteiger partial charge is 0.356 e. The zero-order valence-electron chi connectivity index (χ0n) is 16.7. The second-order valence-electron chi connectivity index (χ2n) is 7.80. The van der Waals surface area contributed by atoms with Crippen molar-refractivity contribution in [3.63, 3.8) is 0 Å². The van der Waals surface area contributed by atoms with Crippen molar-refractivity contribution in [1.82, 2.24) is 19.9 Å². The molecule has 2 aliphatic rings. The van der Waals surface area contributed by atoms with Gasteiger partial charge in [-0.1, -0.05) is 13.0 Å². The van der Waals surface area contributed by atoms with E-state index in [1.165, 1.54) is 12.8 Å². The molecule has 0 aromatic carbocycles. The lowest BCUT2D eigenvalue weighted by atomic mass is 9.99. The highest BCUT2D eigenvalue weighted by Gasteiger charge is 2.25. The zero-order valence-corrected chi connectivity index (χ0v) is 16.7. The molecular formula is C21H28N6O. The van der Waals surface area contributed by atoms with Gasteiger partial charge in [0.2, 0.25) is 0 Å². The van der Waals surface area contributed by atoms with Crippen molar-refractivity contribution in [2.24, 2.45) is 5.92 Å². The second kappa shape index (κ2) is 8.12. The number of aryl methyl sites for hydroxylation is 1. The number of pyridine rings is 1. The van der Waals surface area contributed by atoms with E-state index in [4.69, 9.17) is 0 Å². The normalized spacial score (nSPS) is 18.4. The summed E-state index contributed by atoms with van der Waals surface area (Å²) >= 11 is 0. The SMILES string of the molecule is Cc1nc(C(=O)N2CCN(c3ccccn3)CC2)cc(N2CCC(C)CC2)n1. The molecule has 0 N–H and O–H groups in total. The molecule has 0 radical (unpaired) electrons. The molecular weight excluding hydrogens is 352 g/mol. The first-order valence-corrected chi connectivity index (χ1v) is 10.2. The van der Waals surface area contributed by atoms with Gasteiger partial charge in [0.25, 0.3) is 5.91 Å². The molecule has 7 heteroatoms. The summed E-state index contributed by atoms with van der Waals surface area (Å²) in [6.45, 7) is 9.06. The summed E-state index contributed by atoms with van der Waals surface area (Å²) in [5, 5.41) is 0. The highest BCUT2D eigenvalue weighted by atomic mass is 16.2. The number of nitrogens with zero attached hydrogens (tertiary/aromatic N) is 6. The number of amides is 1. The van der Waals surface area contributed by atoms with Gasteiger partial charge in [0.05, 0.1) is 0 Å². The summed E-state index contributed by atoms with van der Waals surface area (Å²) in [5.74, 6) is 3.27. The third-order valence-corrected chi connectivity index (χ3v) is 5.69. The molecule has 2 aliphatic heterocycles. The van der Waals surface area contributed by atoms with Gasteiger partial charge in [0.1, 0.15) is 23.2 Å². The van der Waals surface area contributed by atoms with Crippen LogP contribution in [0.15, 0.2) is 30.5 Å². The Hall–Kier alpha value is -2.70. The maximum Gasteiger partial charge on any atom is 0.272 e. The Morgan fingerprint density at radius 1 is 0.964 bits per heavy atom. The van der Waals surface area contributed by atoms with Crippen LogP contribution in [0, 0.1) is 12.8 Å². The standard InChI is InChI=1S/C21H28N6O/c1-16-6-9-25(10-7-16)20-15-18(23-17(2)24-20)21(28)27-13-11-26(12-14-27)19-5-3-4-8-22-19/h3-5,8,15-16H,6-7,9-14H2,1-2H3. The number of piperazine rings is 1. The predicted molar refractivity (Wildman–Crippen MR) is 110 cm³/mol. The lowest BCUT2D eigenvalue weighted by Crippen LogP contribution is -2.49. The van der Waals surface area contributed by atoms with Crippen LogP contribution in [0.4, 0.5) is 11.6 Å². The first-order chi connectivity index (χ1) is 13.6. The number of piperidine rings is 1. The number of hydrogen-bond acceptors (Lipinski definition) is 6. The van der Waals surface area contributed by atoms with Crippen LogP contribution in [0.5, 0.6) is 0 Å². The van der Waals surface area contributed by atoms with Crippen molar-refractivity contribution in [2.75, 3.05) is 49.1 Å². The van der Waals surface area contributed by atoms with Crippen molar-refractivity contribution in [2.45, 2.75) is 26.7 Å². The molecule has 1 amide bonds. The summed E-state index contributed by atoms with van der Waals surface area (Å²) in [6, 6.07) is 7.79. The van der Waals surface area contributed by atoms with E-state index in [0.717, 1.165) is 43.7 Å². The maximum atomic E-state index is 13.1. The Balaban J connectivity index is 1.43. The fraction of sp³-hybridized carbons (Fsp3) is 0.524. The molecule has 4 heterocycles. The number of rotatable bonds is 3. The summed E-state index contributed by atoms with van der Waals surface area (Å²) in [5.41, 5.74) is 0.507. The quantitative estimate of drug-likeness (QED) is 0.815. The summed E-state index contributed by atoms with van der Waals surface area (Å²) in [4.78, 5) is 32.9. The van der Waals surface area contributed by atoms with Crippen LogP contribution in [0.3, 0.4) is 0 Å². The van der Waals surface area contributed by atoms with Crippen LogP contribution in [0.2, 0.25) is 0 Å². The number of anilines is 2. The lowest BCUT2D eigenvalue weighted by molar-refractivity contribution is 0.0740. The van der Waals surface area contributed by atoms with Gasteiger partial charge in [0, 0.05) is 51.5 Å². The Labute approximate surface area is 166 Å². The van der Waals surface area contributed by atoms with Crippen molar-refractivity contribution >= 4 is 17.5 Å². The molecule has 7 nitrogen and oxygen atoms in total. The average molecular weight is 380 g/mol. The topological polar surface area (TPSA) is 65.5 Å². The second-order valence-corrected chi connectivity index (χ2v) is 7.80. The summed E-state index contributed by atoms with van der Waals surface area (Å²) < 4.78 is 0. The molecule has 4 rings (SSSR count). The fourth-order valence-electron chi connectivity index (χ4n) is 3.90. The number of hydrogen-bond donors (Lipinski definition) is 0. The molecule has 2 saturated heterocycles. The van der Waals surface area contributed by atoms with Gasteiger partial charge in [-0.25, -0.2) is 15.0 Å². The molecule has 0 saturated carbocycles. The summed E-state index contributed by atoms with van der Waals surface area (Å²) in [7, 11) is 0. The number of aromatic nitrogens is 3. The molecule has 0 unspecified atom stereocenters. The van der Waals surface area contributed by atoms with Gasteiger partial charge in [-0.05, 0) is 37.8 Å². The maximum absolute atomic E-state index is 13.1. The zero-order chi connectivity index (χ0) is 19.5. The first kappa shape index (κ1) is 18.7. The van der Waals surface area contributed by atoms with Crippen molar-refractivity contribution in [1.29, 1.82) is 0 Å². The Kier molecular flexibility index (Phi) is 5.41. The van der Waals surface area contributed by atoms with Crippen LogP contribution in [0.25, 0.3) is 0 Å². The molecule has 2 fully saturated rings. The first-order valence-electron chi connectivity index (χ1n) is 10.2. The molecule has 0 bridgehead atoms.